The quantitative estimate of drug-likeness (QED) is 0.342. The van der Waals surface area contributed by atoms with Gasteiger partial charge in [0.05, 0.1) is 0 Å². The highest BCUT2D eigenvalue weighted by Gasteiger charge is 2.43. The van der Waals surface area contributed by atoms with Crippen LogP contribution >= 0.6 is 0 Å². The molecule has 2 aromatic carbocycles. The van der Waals surface area contributed by atoms with E-state index in [1.54, 1.807) is 18.3 Å². The van der Waals surface area contributed by atoms with E-state index in [-0.39, 0.29) is 18.5 Å². The third-order valence-electron chi connectivity index (χ3n) is 6.59. The Morgan fingerprint density at radius 3 is 2.26 bits per heavy atom. The fraction of sp³-hybridized carbons (Fsp3) is 0.360. The molecule has 0 bridgehead atoms. The Morgan fingerprint density at radius 2 is 1.69 bits per heavy atom. The molecule has 0 aliphatic rings. The molecule has 0 saturated carbocycles. The van der Waals surface area contributed by atoms with Gasteiger partial charge in [-0.05, 0) is 53.6 Å². The van der Waals surface area contributed by atoms with Gasteiger partial charge in [-0.2, -0.15) is 0 Å². The van der Waals surface area contributed by atoms with E-state index in [0.717, 1.165) is 29.3 Å². The van der Waals surface area contributed by atoms with E-state index < -0.39 is 20.5 Å². The number of hydrazine groups is 1. The molecule has 0 unspecified atom stereocenters. The van der Waals surface area contributed by atoms with Gasteiger partial charge in [0, 0.05) is 52.1 Å². The van der Waals surface area contributed by atoms with Crippen molar-refractivity contribution in [2.45, 2.75) is 31.2 Å². The molecule has 0 aliphatic carbocycles. The van der Waals surface area contributed by atoms with Gasteiger partial charge in [0.15, 0.2) is 14.6 Å². The number of carbonyl (C=O) groups is 1. The van der Waals surface area contributed by atoms with Crippen molar-refractivity contribution in [3.63, 3.8) is 0 Å². The predicted molar refractivity (Wildman–Crippen MR) is 137 cm³/mol. The van der Waals surface area contributed by atoms with Gasteiger partial charge >= 0.3 is 0 Å². The average molecular weight is 501 g/mol. The molecule has 10 heteroatoms. The molecule has 0 radical (unpaired) electrons. The van der Waals surface area contributed by atoms with Crippen molar-refractivity contribution in [3.8, 4) is 11.1 Å². The summed E-state index contributed by atoms with van der Waals surface area (Å²) < 4.78 is 23.9. The maximum atomic E-state index is 13.0. The topological polar surface area (TPSA) is 112 Å². The number of carbonyl (C=O) groups excluding carboxylic acids is 1. The molecule has 9 nitrogen and oxygen atoms in total. The number of hydrogen-bond acceptors (Lipinski definition) is 7. The zero-order chi connectivity index (χ0) is 26.0. The summed E-state index contributed by atoms with van der Waals surface area (Å²) in [5.41, 5.74) is 4.34. The second kappa shape index (κ2) is 10.3. The molecule has 188 valence electrons. The van der Waals surface area contributed by atoms with Crippen LogP contribution in [0.4, 0.5) is 0 Å². The normalized spacial score (nSPS) is 13.8. The van der Waals surface area contributed by atoms with Crippen molar-refractivity contribution < 1.29 is 18.4 Å². The molecule has 3 aromatic rings. The number of aryl methyl sites for hydroxylation is 1. The number of hydrogen-bond donors (Lipinski definition) is 2. The highest BCUT2D eigenvalue weighted by molar-refractivity contribution is 7.92. The summed E-state index contributed by atoms with van der Waals surface area (Å²) in [6, 6.07) is 15.7. The number of benzene rings is 2. The molecule has 1 heterocycles. The number of fused-ring (bicyclic) bond motifs is 1. The Bertz CT molecular complexity index is 1380. The molecule has 0 saturated heterocycles. The van der Waals surface area contributed by atoms with Gasteiger partial charge in [-0.3, -0.25) is 14.8 Å². The van der Waals surface area contributed by atoms with E-state index in [0.29, 0.717) is 5.39 Å². The zero-order valence-electron chi connectivity index (χ0n) is 20.6. The van der Waals surface area contributed by atoms with Crippen molar-refractivity contribution in [3.05, 3.63) is 70.6 Å². The maximum absolute atomic E-state index is 13.0. The molecule has 3 rings (SSSR count). The number of pyridine rings is 1. The molecule has 0 spiro atoms. The monoisotopic (exact) mass is 500 g/mol. The Balaban J connectivity index is 1.85. The van der Waals surface area contributed by atoms with E-state index in [1.165, 1.54) is 22.5 Å². The minimum absolute atomic E-state index is 0.00360. The fourth-order valence-corrected chi connectivity index (χ4v) is 4.62. The second-order valence-electron chi connectivity index (χ2n) is 9.17. The minimum atomic E-state index is -3.84. The summed E-state index contributed by atoms with van der Waals surface area (Å²) in [5.74, 6) is -1.03. The van der Waals surface area contributed by atoms with Gasteiger partial charge in [0.25, 0.3) is 11.5 Å². The van der Waals surface area contributed by atoms with E-state index in [1.807, 2.05) is 38.3 Å². The minimum Gasteiger partial charge on any atom is -0.315 e. The molecule has 1 aromatic heterocycles. The largest absolute Gasteiger partial charge is 0.315 e. The van der Waals surface area contributed by atoms with E-state index in [2.05, 4.69) is 29.3 Å². The van der Waals surface area contributed by atoms with Gasteiger partial charge < -0.3 is 4.57 Å². The Kier molecular flexibility index (Phi) is 7.80. The highest BCUT2D eigenvalue weighted by Crippen LogP contribution is 2.25. The average Bonchev–Trinajstić information content (AvgIpc) is 2.82. The van der Waals surface area contributed by atoms with E-state index in [4.69, 9.17) is 5.21 Å². The lowest BCUT2D eigenvalue weighted by molar-refractivity contribution is -0.131. The van der Waals surface area contributed by atoms with Crippen molar-refractivity contribution in [2.24, 2.45) is 0 Å². The van der Waals surface area contributed by atoms with Crippen LogP contribution in [0.5, 0.6) is 0 Å². The summed E-state index contributed by atoms with van der Waals surface area (Å²) >= 11 is 0. The number of sulfone groups is 1. The summed E-state index contributed by atoms with van der Waals surface area (Å²) in [4.78, 5) is 25.1. The van der Waals surface area contributed by atoms with Crippen LogP contribution in [0.2, 0.25) is 0 Å². The summed E-state index contributed by atoms with van der Waals surface area (Å²) in [5, 5.41) is 14.4. The lowest BCUT2D eigenvalue weighted by Gasteiger charge is -2.25. The lowest BCUT2D eigenvalue weighted by atomic mass is 10.0. The summed E-state index contributed by atoms with van der Waals surface area (Å²) in [6.45, 7) is 2.02. The molecule has 35 heavy (non-hydrogen) atoms. The van der Waals surface area contributed by atoms with Crippen LogP contribution < -0.4 is 11.0 Å². The summed E-state index contributed by atoms with van der Waals surface area (Å²) in [7, 11) is 2.16. The van der Waals surface area contributed by atoms with Crippen LogP contribution in [0.1, 0.15) is 18.9 Å². The Hall–Kier alpha value is -3.05. The van der Waals surface area contributed by atoms with Crippen molar-refractivity contribution >= 4 is 26.5 Å². The van der Waals surface area contributed by atoms with Gasteiger partial charge in [-0.25, -0.2) is 23.9 Å². The van der Waals surface area contributed by atoms with Crippen LogP contribution in [0, 0.1) is 0 Å². The molecule has 2 N–H and O–H groups in total. The third kappa shape index (κ3) is 5.62. The molecule has 0 fully saturated rings. The van der Waals surface area contributed by atoms with Crippen LogP contribution in [0.3, 0.4) is 0 Å². The first kappa shape index (κ1) is 26.6. The van der Waals surface area contributed by atoms with Crippen molar-refractivity contribution in [1.82, 2.24) is 20.1 Å². The SMILES string of the molecule is CN(C)N(C)Cc1ccc(-c2ccc3c(=O)n(CC[C@](C)(C(=O)NO)S(C)(=O)=O)ccc3c2)cc1. The Labute approximate surface area is 205 Å². The first-order chi connectivity index (χ1) is 16.4. The number of hydroxylamine groups is 1. The number of nitrogens with one attached hydrogen (secondary N) is 1. The summed E-state index contributed by atoms with van der Waals surface area (Å²) in [6.07, 6.45) is 2.35. The number of aromatic nitrogens is 1. The maximum Gasteiger partial charge on any atom is 0.264 e. The van der Waals surface area contributed by atoms with Crippen LogP contribution in [0.25, 0.3) is 21.9 Å². The van der Waals surface area contributed by atoms with Crippen LogP contribution in [-0.4, -0.2) is 66.3 Å². The van der Waals surface area contributed by atoms with Crippen LogP contribution in [-0.2, 0) is 27.7 Å². The number of rotatable bonds is 9. The molecular weight excluding hydrogens is 468 g/mol. The molecular formula is C25H32N4O5S. The zero-order valence-corrected chi connectivity index (χ0v) is 21.5. The van der Waals surface area contributed by atoms with Gasteiger partial charge in [0.1, 0.15) is 0 Å². The van der Waals surface area contributed by atoms with E-state index in [9.17, 15) is 18.0 Å². The van der Waals surface area contributed by atoms with E-state index >= 15 is 0 Å². The lowest BCUT2D eigenvalue weighted by Crippen LogP contribution is -2.49. The molecule has 1 atom stereocenters. The molecule has 0 aliphatic heterocycles. The fourth-order valence-electron chi connectivity index (χ4n) is 3.77. The number of nitrogens with zero attached hydrogens (tertiary/aromatic N) is 3. The first-order valence-electron chi connectivity index (χ1n) is 11.1. The van der Waals surface area contributed by atoms with Crippen molar-refractivity contribution in [2.75, 3.05) is 27.4 Å². The molecule has 1 amide bonds. The van der Waals surface area contributed by atoms with Crippen molar-refractivity contribution in [1.29, 1.82) is 0 Å². The Morgan fingerprint density at radius 1 is 1.06 bits per heavy atom. The number of amides is 1. The van der Waals surface area contributed by atoms with Crippen LogP contribution in [0.15, 0.2) is 59.5 Å². The predicted octanol–water partition coefficient (Wildman–Crippen LogP) is 2.28. The standard InChI is InChI=1S/C25H32N4O5S/c1-25(24(31)26-32,35(5,33)34)13-15-29-14-12-21-16-20(10-11-22(21)23(29)30)19-8-6-18(7-9-19)17-28(4)27(2)3/h6-12,14,16,32H,13,15,17H2,1-5H3,(H,26,31)/t25-/m1/s1. The van der Waals surface area contributed by atoms with Gasteiger partial charge in [0.2, 0.25) is 0 Å². The second-order valence-corrected chi connectivity index (χ2v) is 11.6. The van der Waals surface area contributed by atoms with Gasteiger partial charge in [-0.15, -0.1) is 0 Å². The first-order valence-corrected chi connectivity index (χ1v) is 13.0. The third-order valence-corrected chi connectivity index (χ3v) is 8.61. The highest BCUT2D eigenvalue weighted by atomic mass is 32.2. The smallest absolute Gasteiger partial charge is 0.264 e. The van der Waals surface area contributed by atoms with Gasteiger partial charge in [-0.1, -0.05) is 30.3 Å².